The molecule has 4 nitrogen and oxygen atoms in total. The fourth-order valence-corrected chi connectivity index (χ4v) is 1.50. The Balaban J connectivity index is 2.82. The predicted octanol–water partition coefficient (Wildman–Crippen LogP) is 3.08. The number of halogens is 1. The number of ketones is 1. The van der Waals surface area contributed by atoms with Crippen molar-refractivity contribution < 1.29 is 19.1 Å². The van der Waals surface area contributed by atoms with Crippen LogP contribution in [0.3, 0.4) is 0 Å². The van der Waals surface area contributed by atoms with Crippen LogP contribution in [0.25, 0.3) is 0 Å². The molecule has 0 aliphatic rings. The van der Waals surface area contributed by atoms with Crippen LogP contribution in [-0.4, -0.2) is 25.2 Å². The van der Waals surface area contributed by atoms with Crippen molar-refractivity contribution in [2.24, 2.45) is 0 Å². The van der Waals surface area contributed by atoms with Crippen molar-refractivity contribution in [3.63, 3.8) is 0 Å². The molecule has 17 heavy (non-hydrogen) atoms. The third-order valence-corrected chi connectivity index (χ3v) is 2.41. The lowest BCUT2D eigenvalue weighted by atomic mass is 10.0. The van der Waals surface area contributed by atoms with Crippen molar-refractivity contribution in [3.05, 3.63) is 34.9 Å². The summed E-state index contributed by atoms with van der Waals surface area (Å²) in [5.74, 6) is -0.291. The molecule has 92 valence electrons. The quantitative estimate of drug-likeness (QED) is 0.614. The second-order valence-corrected chi connectivity index (χ2v) is 3.78. The van der Waals surface area contributed by atoms with Gasteiger partial charge >= 0.3 is 6.16 Å². The van der Waals surface area contributed by atoms with E-state index in [1.807, 2.05) is 0 Å². The number of hydrogen-bond acceptors (Lipinski definition) is 4. The maximum absolute atomic E-state index is 12.0. The second-order valence-electron chi connectivity index (χ2n) is 3.34. The zero-order valence-corrected chi connectivity index (χ0v) is 10.4. The van der Waals surface area contributed by atoms with Crippen LogP contribution in [0.15, 0.2) is 24.3 Å². The normalized spacial score (nSPS) is 11.7. The van der Waals surface area contributed by atoms with Crippen molar-refractivity contribution in [1.29, 1.82) is 0 Å². The maximum atomic E-state index is 12.0. The zero-order chi connectivity index (χ0) is 12.8. The Bertz CT molecular complexity index is 417. The Hall–Kier alpha value is -1.55. The van der Waals surface area contributed by atoms with E-state index in [9.17, 15) is 9.59 Å². The third-order valence-electron chi connectivity index (χ3n) is 2.18. The van der Waals surface area contributed by atoms with Gasteiger partial charge in [-0.05, 0) is 18.6 Å². The Morgan fingerprint density at radius 3 is 2.65 bits per heavy atom. The molecule has 0 aliphatic carbocycles. The number of methoxy groups -OCH3 is 1. The Morgan fingerprint density at radius 1 is 1.41 bits per heavy atom. The predicted molar refractivity (Wildman–Crippen MR) is 63.4 cm³/mol. The number of hydrogen-bond donors (Lipinski definition) is 0. The average molecular weight is 257 g/mol. The largest absolute Gasteiger partial charge is 0.508 e. The van der Waals surface area contributed by atoms with E-state index < -0.39 is 12.3 Å². The monoisotopic (exact) mass is 256 g/mol. The van der Waals surface area contributed by atoms with Crippen LogP contribution < -0.4 is 0 Å². The molecule has 1 atom stereocenters. The highest BCUT2D eigenvalue weighted by molar-refractivity contribution is 6.31. The van der Waals surface area contributed by atoms with E-state index in [1.165, 1.54) is 13.2 Å². The first-order valence-electron chi connectivity index (χ1n) is 5.12. The molecule has 1 rings (SSSR count). The first-order valence-corrected chi connectivity index (χ1v) is 5.50. The van der Waals surface area contributed by atoms with E-state index in [0.717, 1.165) is 0 Å². The van der Waals surface area contributed by atoms with Crippen molar-refractivity contribution in [3.8, 4) is 0 Å². The summed E-state index contributed by atoms with van der Waals surface area (Å²) in [7, 11) is 1.19. The molecule has 1 aromatic carbocycles. The lowest BCUT2D eigenvalue weighted by Gasteiger charge is -2.13. The molecular weight excluding hydrogens is 244 g/mol. The minimum atomic E-state index is -0.868. The third kappa shape index (κ3) is 3.75. The van der Waals surface area contributed by atoms with E-state index in [0.29, 0.717) is 17.0 Å². The van der Waals surface area contributed by atoms with E-state index in [1.54, 1.807) is 25.1 Å². The molecule has 1 unspecified atom stereocenters. The fraction of sp³-hybridized carbons (Fsp3) is 0.333. The molecule has 0 bridgehead atoms. The van der Waals surface area contributed by atoms with Gasteiger partial charge in [-0.1, -0.05) is 30.7 Å². The van der Waals surface area contributed by atoms with Gasteiger partial charge in [0.1, 0.15) is 0 Å². The number of Topliss-reactive ketones (excluding diaryl/α,β-unsaturated/α-hetero) is 1. The summed E-state index contributed by atoms with van der Waals surface area (Å²) >= 11 is 5.79. The summed E-state index contributed by atoms with van der Waals surface area (Å²) in [6, 6.07) is 6.49. The number of benzene rings is 1. The number of ether oxygens (including phenoxy) is 2. The van der Waals surface area contributed by atoms with Gasteiger partial charge in [-0.3, -0.25) is 4.79 Å². The molecule has 0 amide bonds. The molecule has 0 spiro atoms. The van der Waals surface area contributed by atoms with Gasteiger partial charge in [0.2, 0.25) is 5.78 Å². The Labute approximate surface area is 104 Å². The van der Waals surface area contributed by atoms with E-state index in [-0.39, 0.29) is 5.78 Å². The van der Waals surface area contributed by atoms with Gasteiger partial charge in [0.25, 0.3) is 0 Å². The number of carbonyl (C=O) groups excluding carboxylic acids is 2. The molecule has 5 heteroatoms. The summed E-state index contributed by atoms with van der Waals surface area (Å²) in [4.78, 5) is 22.9. The highest BCUT2D eigenvalue weighted by Gasteiger charge is 2.22. The summed E-state index contributed by atoms with van der Waals surface area (Å²) < 4.78 is 9.20. The van der Waals surface area contributed by atoms with Gasteiger partial charge < -0.3 is 9.47 Å². The molecule has 0 saturated heterocycles. The van der Waals surface area contributed by atoms with Crippen molar-refractivity contribution in [2.75, 3.05) is 7.11 Å². The molecule has 0 radical (unpaired) electrons. The first-order chi connectivity index (χ1) is 8.08. The Kier molecular flexibility index (Phi) is 4.97. The summed E-state index contributed by atoms with van der Waals surface area (Å²) in [6.45, 7) is 1.75. The lowest BCUT2D eigenvalue weighted by molar-refractivity contribution is 0.0319. The SMILES string of the molecule is CCC(OC(=O)OC)C(=O)c1cccc(Cl)c1. The molecule has 0 aromatic heterocycles. The topological polar surface area (TPSA) is 52.6 Å². The second kappa shape index (κ2) is 6.25. The zero-order valence-electron chi connectivity index (χ0n) is 9.60. The minimum Gasteiger partial charge on any atom is -0.438 e. The van der Waals surface area contributed by atoms with Crippen molar-refractivity contribution in [2.45, 2.75) is 19.4 Å². The van der Waals surface area contributed by atoms with Gasteiger partial charge in [0.05, 0.1) is 7.11 Å². The van der Waals surface area contributed by atoms with Crippen molar-refractivity contribution in [1.82, 2.24) is 0 Å². The van der Waals surface area contributed by atoms with Crippen LogP contribution in [0.2, 0.25) is 5.02 Å². The fourth-order valence-electron chi connectivity index (χ4n) is 1.31. The molecule has 0 aliphatic heterocycles. The van der Waals surface area contributed by atoms with Gasteiger partial charge in [-0.15, -0.1) is 0 Å². The van der Waals surface area contributed by atoms with Gasteiger partial charge in [0.15, 0.2) is 6.10 Å². The van der Waals surface area contributed by atoms with Crippen LogP contribution in [0.1, 0.15) is 23.7 Å². The van der Waals surface area contributed by atoms with E-state index in [4.69, 9.17) is 16.3 Å². The minimum absolute atomic E-state index is 0.291. The summed E-state index contributed by atoms with van der Waals surface area (Å²) in [5.41, 5.74) is 0.410. The smallest absolute Gasteiger partial charge is 0.438 e. The van der Waals surface area contributed by atoms with Crippen LogP contribution in [-0.2, 0) is 9.47 Å². The maximum Gasteiger partial charge on any atom is 0.508 e. The van der Waals surface area contributed by atoms with Crippen LogP contribution in [0.5, 0.6) is 0 Å². The molecule has 1 aromatic rings. The highest BCUT2D eigenvalue weighted by atomic mass is 35.5. The van der Waals surface area contributed by atoms with Crippen LogP contribution in [0, 0.1) is 0 Å². The first kappa shape index (κ1) is 13.5. The van der Waals surface area contributed by atoms with Crippen LogP contribution >= 0.6 is 11.6 Å². The number of rotatable bonds is 4. The highest BCUT2D eigenvalue weighted by Crippen LogP contribution is 2.15. The van der Waals surface area contributed by atoms with E-state index in [2.05, 4.69) is 4.74 Å². The number of carbonyl (C=O) groups is 2. The van der Waals surface area contributed by atoms with Crippen molar-refractivity contribution >= 4 is 23.5 Å². The lowest BCUT2D eigenvalue weighted by Crippen LogP contribution is -2.26. The van der Waals surface area contributed by atoms with Gasteiger partial charge in [0, 0.05) is 10.6 Å². The van der Waals surface area contributed by atoms with Gasteiger partial charge in [-0.2, -0.15) is 0 Å². The van der Waals surface area contributed by atoms with Gasteiger partial charge in [-0.25, -0.2) is 4.79 Å². The molecule has 0 heterocycles. The molecule has 0 saturated carbocycles. The molecular formula is C12H13ClO4. The summed E-state index contributed by atoms with van der Waals surface area (Å²) in [5, 5.41) is 0.462. The van der Waals surface area contributed by atoms with E-state index >= 15 is 0 Å². The van der Waals surface area contributed by atoms with Crippen LogP contribution in [0.4, 0.5) is 4.79 Å². The molecule has 0 N–H and O–H groups in total. The summed E-state index contributed by atoms with van der Waals surface area (Å²) in [6.07, 6.45) is -1.34. The Morgan fingerprint density at radius 2 is 2.12 bits per heavy atom. The molecule has 0 fully saturated rings. The average Bonchev–Trinajstić information content (AvgIpc) is 2.34. The standard InChI is InChI=1S/C12H13ClO4/c1-3-10(17-12(15)16-2)11(14)8-5-4-6-9(13)7-8/h4-7,10H,3H2,1-2H3.